The molecule has 4 heterocycles. The topological polar surface area (TPSA) is 226 Å². The molecule has 0 radical (unpaired) electrons. The van der Waals surface area contributed by atoms with E-state index in [1.807, 2.05) is 6.07 Å². The minimum absolute atomic E-state index is 0.0200. The maximum atomic E-state index is 14.1. The van der Waals surface area contributed by atoms with Crippen LogP contribution < -0.4 is 31.3 Å². The average Bonchev–Trinajstić information content (AvgIpc) is 3.91. The first-order chi connectivity index (χ1) is 28.0. The van der Waals surface area contributed by atoms with Crippen LogP contribution in [0.15, 0.2) is 60.8 Å². The Morgan fingerprint density at radius 3 is 2.45 bits per heavy atom. The molecule has 312 valence electrons. The third kappa shape index (κ3) is 12.8. The molecule has 58 heavy (non-hydrogen) atoms. The largest absolute Gasteiger partial charge is 0.494 e. The Morgan fingerprint density at radius 1 is 0.931 bits per heavy atom. The molecule has 1 aromatic heterocycles. The van der Waals surface area contributed by atoms with Gasteiger partial charge < -0.3 is 41.3 Å². The van der Waals surface area contributed by atoms with E-state index in [1.165, 1.54) is 4.90 Å². The van der Waals surface area contributed by atoms with Crippen molar-refractivity contribution in [2.45, 2.75) is 108 Å². The third-order valence-corrected chi connectivity index (χ3v) is 10.4. The van der Waals surface area contributed by atoms with Crippen LogP contribution in [0.1, 0.15) is 68.7 Å². The number of benzene rings is 2. The highest BCUT2D eigenvalue weighted by Gasteiger charge is 2.39. The molecule has 17 heteroatoms. The molecule has 1 fully saturated rings. The summed E-state index contributed by atoms with van der Waals surface area (Å²) in [7, 11) is 1.64. The lowest BCUT2D eigenvalue weighted by Gasteiger charge is -2.30. The fourth-order valence-electron chi connectivity index (χ4n) is 6.96. The number of nitrogens with one attached hydrogen (secondary N) is 5. The minimum atomic E-state index is -1.30. The second kappa shape index (κ2) is 21.6. The molecule has 2 aromatic carbocycles. The van der Waals surface area contributed by atoms with E-state index in [-0.39, 0.29) is 44.0 Å². The van der Waals surface area contributed by atoms with Gasteiger partial charge in [-0.3, -0.25) is 28.7 Å². The van der Waals surface area contributed by atoms with E-state index in [9.17, 15) is 33.9 Å². The Hall–Kier alpha value is -5.84. The van der Waals surface area contributed by atoms with Crippen molar-refractivity contribution in [3.05, 3.63) is 77.6 Å². The zero-order chi connectivity index (χ0) is 41.4. The van der Waals surface area contributed by atoms with Crippen molar-refractivity contribution in [3.63, 3.8) is 0 Å². The number of carboxylic acids is 1. The van der Waals surface area contributed by atoms with Crippen LogP contribution in [0.4, 0.5) is 0 Å². The van der Waals surface area contributed by atoms with Gasteiger partial charge in [0.25, 0.3) is 0 Å². The number of likely N-dealkylation sites (N-methyl/N-ethyl adjacent to an activating group) is 1. The predicted molar refractivity (Wildman–Crippen MR) is 212 cm³/mol. The van der Waals surface area contributed by atoms with Gasteiger partial charge in [0.1, 0.15) is 29.9 Å². The number of carbonyl (C=O) groups excluding carboxylic acids is 5. The van der Waals surface area contributed by atoms with E-state index in [0.29, 0.717) is 75.2 Å². The van der Waals surface area contributed by atoms with Gasteiger partial charge in [-0.15, -0.1) is 5.10 Å². The van der Waals surface area contributed by atoms with Crippen LogP contribution in [-0.2, 0) is 54.6 Å². The van der Waals surface area contributed by atoms with Gasteiger partial charge in [0.15, 0.2) is 0 Å². The number of rotatable bonds is 6. The molecule has 0 spiro atoms. The summed E-state index contributed by atoms with van der Waals surface area (Å²) >= 11 is 0. The fraction of sp³-hybridized carbons (Fsp3) is 0.512. The molecule has 6 N–H and O–H groups in total. The summed E-state index contributed by atoms with van der Waals surface area (Å²) in [5.41, 5.74) is 2.08. The highest BCUT2D eigenvalue weighted by Crippen LogP contribution is 2.21. The molecule has 3 aliphatic rings. The number of ether oxygens (including phenoxy) is 1. The van der Waals surface area contributed by atoms with Gasteiger partial charge in [-0.2, -0.15) is 0 Å². The van der Waals surface area contributed by atoms with Crippen LogP contribution in [-0.4, -0.2) is 117 Å². The van der Waals surface area contributed by atoms with Crippen molar-refractivity contribution in [1.82, 2.24) is 46.5 Å². The zero-order valence-electron chi connectivity index (χ0n) is 33.2. The van der Waals surface area contributed by atoms with Crippen LogP contribution >= 0.6 is 0 Å². The van der Waals surface area contributed by atoms with E-state index in [1.54, 1.807) is 73.4 Å². The molecule has 1 saturated heterocycles. The Balaban J connectivity index is 1.36. The van der Waals surface area contributed by atoms with Crippen LogP contribution in [0.3, 0.4) is 0 Å². The SMILES string of the molecule is CN[C@@H](C)C(=O)N[C@H]1CCCCNC(=O)CCc2cn(nn2)CCCOc2ccc(cc2)C[C@@H](C(=O)O)NC(=O)[C@H](Cc2ccccc2)NC(=O)[C@@H]2CCCN2C1=O. The number of hydrogen-bond donors (Lipinski definition) is 6. The van der Waals surface area contributed by atoms with Crippen molar-refractivity contribution in [1.29, 1.82) is 0 Å². The van der Waals surface area contributed by atoms with Crippen molar-refractivity contribution in [2.75, 3.05) is 26.7 Å². The first-order valence-corrected chi connectivity index (χ1v) is 20.0. The van der Waals surface area contributed by atoms with Crippen molar-refractivity contribution < 1.29 is 38.6 Å². The monoisotopic (exact) mass is 801 g/mol. The van der Waals surface area contributed by atoms with E-state index >= 15 is 0 Å². The summed E-state index contributed by atoms with van der Waals surface area (Å²) in [5, 5.41) is 32.6. The van der Waals surface area contributed by atoms with E-state index in [4.69, 9.17) is 4.74 Å². The summed E-state index contributed by atoms with van der Waals surface area (Å²) in [6.07, 6.45) is 5.34. The molecular formula is C41H55N9O8. The summed E-state index contributed by atoms with van der Waals surface area (Å²) in [4.78, 5) is 81.6. The number of aliphatic carboxylic acids is 1. The second-order valence-corrected chi connectivity index (χ2v) is 14.8. The Labute approximate surface area is 338 Å². The van der Waals surface area contributed by atoms with Crippen molar-refractivity contribution in [3.8, 4) is 5.75 Å². The average molecular weight is 802 g/mol. The first kappa shape index (κ1) is 43.3. The molecular weight excluding hydrogens is 747 g/mol. The maximum Gasteiger partial charge on any atom is 0.326 e. The number of hydrogen-bond acceptors (Lipinski definition) is 10. The second-order valence-electron chi connectivity index (χ2n) is 14.8. The number of nitrogens with zero attached hydrogens (tertiary/aromatic N) is 4. The molecule has 5 atom stereocenters. The quantitative estimate of drug-likeness (QED) is 0.205. The van der Waals surface area contributed by atoms with Gasteiger partial charge in [-0.1, -0.05) is 47.7 Å². The lowest BCUT2D eigenvalue weighted by Crippen LogP contribution is -2.58. The van der Waals surface area contributed by atoms with Gasteiger partial charge in [0.05, 0.1) is 18.3 Å². The fourth-order valence-corrected chi connectivity index (χ4v) is 6.96. The lowest BCUT2D eigenvalue weighted by molar-refractivity contribution is -0.143. The third-order valence-electron chi connectivity index (χ3n) is 10.4. The molecule has 0 saturated carbocycles. The van der Waals surface area contributed by atoms with Crippen LogP contribution in [0.5, 0.6) is 5.75 Å². The summed E-state index contributed by atoms with van der Waals surface area (Å²) in [6, 6.07) is 11.1. The number of aromatic nitrogens is 3. The predicted octanol–water partition coefficient (Wildman–Crippen LogP) is 0.903. The van der Waals surface area contributed by atoms with Gasteiger partial charge in [0, 0.05) is 57.9 Å². The Morgan fingerprint density at radius 2 is 1.71 bits per heavy atom. The molecule has 3 aliphatic heterocycles. The van der Waals surface area contributed by atoms with E-state index in [0.717, 1.165) is 5.56 Å². The van der Waals surface area contributed by atoms with E-state index in [2.05, 4.69) is 36.9 Å². The molecule has 0 unspecified atom stereocenters. The summed E-state index contributed by atoms with van der Waals surface area (Å²) in [5.74, 6) is -2.81. The Bertz CT molecular complexity index is 1850. The number of carbonyl (C=O) groups is 6. The molecule has 17 nitrogen and oxygen atoms in total. The molecule has 6 rings (SSSR count). The number of carboxylic acid groups (broad SMARTS) is 1. The minimum Gasteiger partial charge on any atom is -0.494 e. The van der Waals surface area contributed by atoms with Gasteiger partial charge in [-0.25, -0.2) is 4.79 Å². The number of aryl methyl sites for hydroxylation is 2. The highest BCUT2D eigenvalue weighted by molar-refractivity contribution is 5.96. The van der Waals surface area contributed by atoms with Crippen LogP contribution in [0.2, 0.25) is 0 Å². The Kier molecular flexibility index (Phi) is 16.1. The van der Waals surface area contributed by atoms with Crippen molar-refractivity contribution >= 4 is 35.5 Å². The van der Waals surface area contributed by atoms with Gasteiger partial charge >= 0.3 is 5.97 Å². The number of fused-ring (bicyclic) bond motifs is 20. The molecule has 3 aromatic rings. The van der Waals surface area contributed by atoms with E-state index < -0.39 is 53.9 Å². The van der Waals surface area contributed by atoms with Crippen molar-refractivity contribution in [2.24, 2.45) is 0 Å². The smallest absolute Gasteiger partial charge is 0.326 e. The van der Waals surface area contributed by atoms with Gasteiger partial charge in [0.2, 0.25) is 29.5 Å². The van der Waals surface area contributed by atoms with Gasteiger partial charge in [-0.05, 0) is 69.3 Å². The number of amides is 5. The molecule has 0 aliphatic carbocycles. The molecule has 4 bridgehead atoms. The highest BCUT2D eigenvalue weighted by atomic mass is 16.5. The first-order valence-electron chi connectivity index (χ1n) is 20.0. The van der Waals surface area contributed by atoms with Crippen LogP contribution in [0, 0.1) is 0 Å². The summed E-state index contributed by atoms with van der Waals surface area (Å²) < 4.78 is 7.58. The lowest BCUT2D eigenvalue weighted by atomic mass is 10.0. The standard InChI is InChI=1S/C41H55N9O8/c1-27(42-2)37(52)44-32-12-6-7-20-43-36(51)19-16-30-26-49(48-47-30)21-9-23-58-31-17-14-29(15-18-31)25-34(41(56)57)46-38(53)33(24-28-10-4-3-5-11-28)45-39(54)35-13-8-22-50(35)40(32)55/h3-5,10-11,14-15,17-18,26-27,32-35,42H,6-9,12-13,16,19-25H2,1-2H3,(H,43,51)(H,44,52)(H,45,54)(H,46,53)(H,56,57)/t27-,32-,33-,34-,35-/m0/s1. The van der Waals surface area contributed by atoms with Crippen LogP contribution in [0.25, 0.3) is 0 Å². The normalized spacial score (nSPS) is 22.7. The summed E-state index contributed by atoms with van der Waals surface area (Å²) in [6.45, 7) is 3.27. The zero-order valence-corrected chi connectivity index (χ0v) is 33.2. The molecule has 5 amide bonds. The maximum absolute atomic E-state index is 14.1.